The topological polar surface area (TPSA) is 103 Å². The van der Waals surface area contributed by atoms with Gasteiger partial charge in [0.2, 0.25) is 0 Å². The van der Waals surface area contributed by atoms with E-state index in [1.807, 2.05) is 62.5 Å². The largest absolute Gasteiger partial charge is 0.361 e. The number of hydrogen-bond acceptors (Lipinski definition) is 3. The molecule has 2 aromatic carbocycles. The van der Waals surface area contributed by atoms with Gasteiger partial charge in [-0.3, -0.25) is 19.7 Å². The van der Waals surface area contributed by atoms with Crippen molar-refractivity contribution in [3.63, 3.8) is 0 Å². The molecule has 2 aromatic heterocycles. The third kappa shape index (κ3) is 4.76. The molecular weight excluding hydrogens is 426 g/mol. The molecule has 0 spiro atoms. The number of carbonyl (C=O) groups excluding carboxylic acids is 2. The SMILES string of the molecule is Cc1cc(C=C(C#N)C(=O)NCCc2c[nH]c3ccccc23)c(C)n1NC(=O)c1ccccc1. The summed E-state index contributed by atoms with van der Waals surface area (Å²) in [5, 5.41) is 13.5. The molecule has 7 nitrogen and oxygen atoms in total. The van der Waals surface area contributed by atoms with Crippen molar-refractivity contribution in [1.82, 2.24) is 15.0 Å². The minimum atomic E-state index is -0.430. The Labute approximate surface area is 197 Å². The van der Waals surface area contributed by atoms with Gasteiger partial charge in [-0.2, -0.15) is 5.26 Å². The van der Waals surface area contributed by atoms with Crippen LogP contribution in [-0.4, -0.2) is 28.0 Å². The van der Waals surface area contributed by atoms with Gasteiger partial charge >= 0.3 is 0 Å². The third-order valence-corrected chi connectivity index (χ3v) is 5.74. The smallest absolute Gasteiger partial charge is 0.270 e. The van der Waals surface area contributed by atoms with Gasteiger partial charge in [-0.15, -0.1) is 0 Å². The van der Waals surface area contributed by atoms with Crippen LogP contribution in [0.25, 0.3) is 17.0 Å². The van der Waals surface area contributed by atoms with E-state index < -0.39 is 5.91 Å². The van der Waals surface area contributed by atoms with E-state index in [-0.39, 0.29) is 11.5 Å². The van der Waals surface area contributed by atoms with Crippen LogP contribution in [-0.2, 0) is 11.2 Å². The summed E-state index contributed by atoms with van der Waals surface area (Å²) in [4.78, 5) is 28.4. The van der Waals surface area contributed by atoms with Gasteiger partial charge in [-0.05, 0) is 61.7 Å². The second kappa shape index (κ2) is 9.92. The Morgan fingerprint density at radius 3 is 2.59 bits per heavy atom. The van der Waals surface area contributed by atoms with Crippen LogP contribution in [0.4, 0.5) is 0 Å². The molecule has 0 saturated heterocycles. The number of aryl methyl sites for hydroxylation is 1. The normalized spacial score (nSPS) is 11.3. The van der Waals surface area contributed by atoms with Gasteiger partial charge in [0.05, 0.1) is 0 Å². The van der Waals surface area contributed by atoms with Crippen molar-refractivity contribution in [2.75, 3.05) is 12.0 Å². The summed E-state index contributed by atoms with van der Waals surface area (Å²) in [6.45, 7) is 4.09. The molecule has 4 rings (SSSR count). The van der Waals surface area contributed by atoms with Crippen LogP contribution in [0.5, 0.6) is 0 Å². The highest BCUT2D eigenvalue weighted by atomic mass is 16.2. The molecule has 0 saturated carbocycles. The summed E-state index contributed by atoms with van der Waals surface area (Å²) in [7, 11) is 0. The number of aromatic amines is 1. The lowest BCUT2D eigenvalue weighted by Gasteiger charge is -2.11. The summed E-state index contributed by atoms with van der Waals surface area (Å²) in [5.41, 5.74) is 7.77. The highest BCUT2D eigenvalue weighted by Gasteiger charge is 2.15. The van der Waals surface area contributed by atoms with E-state index in [1.54, 1.807) is 35.0 Å². The summed E-state index contributed by atoms with van der Waals surface area (Å²) in [6.07, 6.45) is 4.14. The highest BCUT2D eigenvalue weighted by molar-refractivity contribution is 6.02. The number of nitrogens with one attached hydrogen (secondary N) is 3. The van der Waals surface area contributed by atoms with Crippen LogP contribution in [0.3, 0.4) is 0 Å². The molecule has 170 valence electrons. The molecule has 0 atom stereocenters. The maximum atomic E-state index is 12.7. The highest BCUT2D eigenvalue weighted by Crippen LogP contribution is 2.19. The summed E-state index contributed by atoms with van der Waals surface area (Å²) in [5.74, 6) is -0.672. The predicted molar refractivity (Wildman–Crippen MR) is 133 cm³/mol. The van der Waals surface area contributed by atoms with Crippen molar-refractivity contribution in [2.45, 2.75) is 20.3 Å². The van der Waals surface area contributed by atoms with Gasteiger partial charge in [0.15, 0.2) is 0 Å². The van der Waals surface area contributed by atoms with E-state index in [0.29, 0.717) is 24.1 Å². The van der Waals surface area contributed by atoms with E-state index >= 15 is 0 Å². The Hall–Kier alpha value is -4.57. The first-order valence-corrected chi connectivity index (χ1v) is 11.0. The third-order valence-electron chi connectivity index (χ3n) is 5.74. The molecule has 0 bridgehead atoms. The van der Waals surface area contributed by atoms with Crippen molar-refractivity contribution in [1.29, 1.82) is 5.26 Å². The summed E-state index contributed by atoms with van der Waals surface area (Å²) in [6, 6.07) is 20.7. The average molecular weight is 452 g/mol. The van der Waals surface area contributed by atoms with Crippen molar-refractivity contribution in [3.05, 3.63) is 101 Å². The number of rotatable bonds is 7. The predicted octanol–water partition coefficient (Wildman–Crippen LogP) is 4.24. The zero-order chi connectivity index (χ0) is 24.1. The Morgan fingerprint density at radius 2 is 1.82 bits per heavy atom. The van der Waals surface area contributed by atoms with Gasteiger partial charge < -0.3 is 10.3 Å². The van der Waals surface area contributed by atoms with Crippen molar-refractivity contribution < 1.29 is 9.59 Å². The average Bonchev–Trinajstić information content (AvgIpc) is 3.38. The molecule has 0 radical (unpaired) electrons. The lowest BCUT2D eigenvalue weighted by Crippen LogP contribution is -2.26. The lowest BCUT2D eigenvalue weighted by atomic mass is 10.1. The van der Waals surface area contributed by atoms with Crippen molar-refractivity contribution in [2.24, 2.45) is 0 Å². The summed E-state index contributed by atoms with van der Waals surface area (Å²) >= 11 is 0. The van der Waals surface area contributed by atoms with Crippen molar-refractivity contribution in [3.8, 4) is 6.07 Å². The number of amides is 2. The van der Waals surface area contributed by atoms with Crippen LogP contribution < -0.4 is 10.7 Å². The fraction of sp³-hybridized carbons (Fsp3) is 0.148. The molecule has 7 heteroatoms. The number of carbonyl (C=O) groups is 2. The van der Waals surface area contributed by atoms with Gasteiger partial charge in [-0.25, -0.2) is 0 Å². The van der Waals surface area contributed by atoms with Crippen LogP contribution in [0.1, 0.15) is 32.9 Å². The number of benzene rings is 2. The molecule has 2 heterocycles. The quantitative estimate of drug-likeness (QED) is 0.289. The lowest BCUT2D eigenvalue weighted by molar-refractivity contribution is -0.117. The summed E-state index contributed by atoms with van der Waals surface area (Å²) < 4.78 is 1.66. The molecule has 0 fully saturated rings. The number of nitrogens with zero attached hydrogens (tertiary/aromatic N) is 2. The zero-order valence-corrected chi connectivity index (χ0v) is 19.1. The number of H-pyrrole nitrogens is 1. The molecule has 2 amide bonds. The number of nitriles is 1. The van der Waals surface area contributed by atoms with Gasteiger partial charge in [0.25, 0.3) is 11.8 Å². The Bertz CT molecular complexity index is 1420. The molecule has 0 aliphatic carbocycles. The fourth-order valence-corrected chi connectivity index (χ4v) is 3.91. The number of hydrogen-bond donors (Lipinski definition) is 3. The first-order valence-electron chi connectivity index (χ1n) is 11.0. The Morgan fingerprint density at radius 1 is 1.09 bits per heavy atom. The molecule has 3 N–H and O–H groups in total. The first kappa shape index (κ1) is 22.6. The van der Waals surface area contributed by atoms with E-state index in [9.17, 15) is 14.9 Å². The standard InChI is InChI=1S/C27H25N5O2/c1-18-14-22(19(2)32(18)31-27(34)20-8-4-3-5-9-20)15-23(16-28)26(33)29-13-12-21-17-30-25-11-7-6-10-24(21)25/h3-11,14-15,17,30H,12-13H2,1-2H3,(H,29,33)(H,31,34). The van der Waals surface area contributed by atoms with Crippen LogP contribution in [0.15, 0.2) is 72.4 Å². The van der Waals surface area contributed by atoms with Gasteiger partial charge in [-0.1, -0.05) is 36.4 Å². The van der Waals surface area contributed by atoms with Crippen LogP contribution >= 0.6 is 0 Å². The van der Waals surface area contributed by atoms with Crippen LogP contribution in [0, 0.1) is 25.2 Å². The zero-order valence-electron chi connectivity index (χ0n) is 19.1. The van der Waals surface area contributed by atoms with E-state index in [0.717, 1.165) is 27.9 Å². The maximum absolute atomic E-state index is 12.7. The molecule has 0 aliphatic heterocycles. The van der Waals surface area contributed by atoms with Crippen molar-refractivity contribution >= 4 is 28.8 Å². The number of aromatic nitrogens is 2. The number of fused-ring (bicyclic) bond motifs is 1. The minimum Gasteiger partial charge on any atom is -0.361 e. The maximum Gasteiger partial charge on any atom is 0.270 e. The van der Waals surface area contributed by atoms with E-state index in [2.05, 4.69) is 15.7 Å². The molecule has 34 heavy (non-hydrogen) atoms. The molecular formula is C27H25N5O2. The van der Waals surface area contributed by atoms with Crippen LogP contribution in [0.2, 0.25) is 0 Å². The monoisotopic (exact) mass is 451 g/mol. The van der Waals surface area contributed by atoms with Gasteiger partial charge in [0.1, 0.15) is 11.6 Å². The second-order valence-electron chi connectivity index (χ2n) is 8.00. The molecule has 0 aliphatic rings. The fourth-order valence-electron chi connectivity index (χ4n) is 3.91. The molecule has 0 unspecified atom stereocenters. The Kier molecular flexibility index (Phi) is 6.60. The molecule has 4 aromatic rings. The van der Waals surface area contributed by atoms with E-state index in [4.69, 9.17) is 0 Å². The minimum absolute atomic E-state index is 0.00793. The van der Waals surface area contributed by atoms with Gasteiger partial charge in [0, 0.05) is 40.6 Å². The first-order chi connectivity index (χ1) is 16.5. The second-order valence-corrected chi connectivity index (χ2v) is 8.00. The number of para-hydroxylation sites is 1. The Balaban J connectivity index is 1.44. The van der Waals surface area contributed by atoms with E-state index in [1.165, 1.54) is 0 Å².